The lowest BCUT2D eigenvalue weighted by molar-refractivity contribution is -0.116. The molecule has 1 saturated heterocycles. The number of carbonyl (C=O) groups is 1. The van der Waals surface area contributed by atoms with E-state index in [0.717, 1.165) is 35.4 Å². The monoisotopic (exact) mass is 362 g/mol. The smallest absolute Gasteiger partial charge is 0.246 e. The number of nitrogens with one attached hydrogen (secondary N) is 1. The molecule has 3 aromatic rings. The number of ether oxygens (including phenoxy) is 1. The minimum atomic E-state index is -0.150. The molecule has 0 spiro atoms. The summed E-state index contributed by atoms with van der Waals surface area (Å²) in [5, 5.41) is 13.9. The van der Waals surface area contributed by atoms with Crippen molar-refractivity contribution in [1.82, 2.24) is 14.8 Å². The van der Waals surface area contributed by atoms with E-state index in [4.69, 9.17) is 16.3 Å². The van der Waals surface area contributed by atoms with Gasteiger partial charge in [-0.3, -0.25) is 10.1 Å². The van der Waals surface area contributed by atoms with Gasteiger partial charge in [-0.25, -0.2) is 0 Å². The average Bonchev–Trinajstić information content (AvgIpc) is 3.28. The molecule has 0 unspecified atom stereocenters. The number of hydrogen-bond acceptors (Lipinski definition) is 5. The van der Waals surface area contributed by atoms with Crippen LogP contribution in [0.3, 0.4) is 0 Å². The van der Waals surface area contributed by atoms with Gasteiger partial charge in [0.15, 0.2) is 0 Å². The molecule has 1 amide bonds. The first-order chi connectivity index (χ1) is 11.7. The van der Waals surface area contributed by atoms with Crippen LogP contribution in [0.2, 0.25) is 5.02 Å². The number of hydrogen-bond donors (Lipinski definition) is 1. The standard InChI is InChI=1S/C16H15ClN4O2S/c17-11-3-1-4-12-10(11)6-7-21(12)9-14(22)18-16-20-19-15(24-16)13-5-2-8-23-13/h1,3-4,6-7,13H,2,5,8-9H2,(H,18,20,22)/t13-/m1/s1. The highest BCUT2D eigenvalue weighted by Gasteiger charge is 2.22. The molecule has 6 nitrogen and oxygen atoms in total. The van der Waals surface area contributed by atoms with Gasteiger partial charge >= 0.3 is 0 Å². The predicted octanol–water partition coefficient (Wildman–Crippen LogP) is 3.64. The van der Waals surface area contributed by atoms with Gasteiger partial charge in [-0.2, -0.15) is 0 Å². The highest BCUT2D eigenvalue weighted by Crippen LogP contribution is 2.32. The van der Waals surface area contributed by atoms with Crippen molar-refractivity contribution in [2.24, 2.45) is 0 Å². The van der Waals surface area contributed by atoms with Crippen molar-refractivity contribution in [1.29, 1.82) is 0 Å². The van der Waals surface area contributed by atoms with Gasteiger partial charge in [0.1, 0.15) is 17.7 Å². The Bertz CT molecular complexity index is 885. The molecule has 0 radical (unpaired) electrons. The first-order valence-corrected chi connectivity index (χ1v) is 8.88. The van der Waals surface area contributed by atoms with E-state index in [9.17, 15) is 4.79 Å². The molecular formula is C16H15ClN4O2S. The molecule has 1 fully saturated rings. The van der Waals surface area contributed by atoms with E-state index in [1.807, 2.05) is 35.0 Å². The normalized spacial score (nSPS) is 17.5. The van der Waals surface area contributed by atoms with Crippen LogP contribution < -0.4 is 5.32 Å². The molecule has 4 rings (SSSR count). The zero-order chi connectivity index (χ0) is 16.5. The van der Waals surface area contributed by atoms with Gasteiger partial charge < -0.3 is 9.30 Å². The minimum Gasteiger partial charge on any atom is -0.371 e. The quantitative estimate of drug-likeness (QED) is 0.769. The highest BCUT2D eigenvalue weighted by molar-refractivity contribution is 7.15. The number of benzene rings is 1. The van der Waals surface area contributed by atoms with Gasteiger partial charge in [0.25, 0.3) is 0 Å². The highest BCUT2D eigenvalue weighted by atomic mass is 35.5. The summed E-state index contributed by atoms with van der Waals surface area (Å²) in [7, 11) is 0. The number of carbonyl (C=O) groups excluding carboxylic acids is 1. The number of anilines is 1. The Morgan fingerprint density at radius 1 is 1.42 bits per heavy atom. The average molecular weight is 363 g/mol. The van der Waals surface area contributed by atoms with E-state index < -0.39 is 0 Å². The molecule has 1 N–H and O–H groups in total. The van der Waals surface area contributed by atoms with Crippen molar-refractivity contribution in [3.63, 3.8) is 0 Å². The third-order valence-corrected chi connectivity index (χ3v) is 5.23. The fourth-order valence-electron chi connectivity index (χ4n) is 2.82. The number of nitrogens with zero attached hydrogens (tertiary/aromatic N) is 3. The summed E-state index contributed by atoms with van der Waals surface area (Å²) < 4.78 is 7.44. The maximum absolute atomic E-state index is 12.3. The molecule has 0 bridgehead atoms. The largest absolute Gasteiger partial charge is 0.371 e. The van der Waals surface area contributed by atoms with Crippen LogP contribution in [0.1, 0.15) is 24.0 Å². The lowest BCUT2D eigenvalue weighted by Crippen LogP contribution is -2.18. The Morgan fingerprint density at radius 2 is 2.33 bits per heavy atom. The maximum atomic E-state index is 12.3. The number of halogens is 1. The molecule has 0 aliphatic carbocycles. The van der Waals surface area contributed by atoms with Crippen molar-refractivity contribution in [3.05, 3.63) is 40.5 Å². The number of rotatable bonds is 4. The molecule has 1 atom stereocenters. The SMILES string of the molecule is O=C(Cn1ccc2c(Cl)cccc21)Nc1nnc([C@H]2CCCO2)s1. The van der Waals surface area contributed by atoms with Crippen LogP contribution >= 0.6 is 22.9 Å². The first kappa shape index (κ1) is 15.6. The van der Waals surface area contributed by atoms with Crippen LogP contribution in [0, 0.1) is 0 Å². The number of amides is 1. The van der Waals surface area contributed by atoms with E-state index in [0.29, 0.717) is 10.2 Å². The van der Waals surface area contributed by atoms with E-state index in [1.54, 1.807) is 0 Å². The van der Waals surface area contributed by atoms with E-state index >= 15 is 0 Å². The van der Waals surface area contributed by atoms with Crippen molar-refractivity contribution >= 4 is 44.9 Å². The molecule has 0 saturated carbocycles. The Balaban J connectivity index is 1.45. The molecule has 8 heteroatoms. The Labute approximate surface area is 147 Å². The zero-order valence-electron chi connectivity index (χ0n) is 12.7. The van der Waals surface area contributed by atoms with Crippen LogP contribution in [-0.4, -0.2) is 27.3 Å². The summed E-state index contributed by atoms with van der Waals surface area (Å²) in [5.74, 6) is -0.150. The summed E-state index contributed by atoms with van der Waals surface area (Å²) in [5.41, 5.74) is 0.926. The van der Waals surface area contributed by atoms with Gasteiger partial charge in [-0.15, -0.1) is 10.2 Å². The molecule has 1 aliphatic heterocycles. The van der Waals surface area contributed by atoms with Crippen molar-refractivity contribution in [2.45, 2.75) is 25.5 Å². The third kappa shape index (κ3) is 3.02. The number of aromatic nitrogens is 3. The lowest BCUT2D eigenvalue weighted by atomic mass is 10.2. The maximum Gasteiger partial charge on any atom is 0.246 e. The summed E-state index contributed by atoms with van der Waals surface area (Å²) >= 11 is 7.53. The number of fused-ring (bicyclic) bond motifs is 1. The fourth-order valence-corrected chi connectivity index (χ4v) is 3.90. The van der Waals surface area contributed by atoms with Gasteiger partial charge in [0.2, 0.25) is 11.0 Å². The van der Waals surface area contributed by atoms with Crippen molar-refractivity contribution < 1.29 is 9.53 Å². The summed E-state index contributed by atoms with van der Waals surface area (Å²) in [4.78, 5) is 12.3. The van der Waals surface area contributed by atoms with Crippen molar-refractivity contribution in [2.75, 3.05) is 11.9 Å². The summed E-state index contributed by atoms with van der Waals surface area (Å²) in [6.45, 7) is 0.952. The Kier molecular flexibility index (Phi) is 4.22. The topological polar surface area (TPSA) is 69.0 Å². The second-order valence-electron chi connectivity index (χ2n) is 5.61. The zero-order valence-corrected chi connectivity index (χ0v) is 14.3. The fraction of sp³-hybridized carbons (Fsp3) is 0.312. The van der Waals surface area contributed by atoms with Gasteiger partial charge in [0, 0.05) is 28.7 Å². The molecule has 24 heavy (non-hydrogen) atoms. The van der Waals surface area contributed by atoms with Crippen LogP contribution in [0.25, 0.3) is 10.9 Å². The summed E-state index contributed by atoms with van der Waals surface area (Å²) in [6, 6.07) is 7.56. The molecule has 3 heterocycles. The van der Waals surface area contributed by atoms with E-state index in [-0.39, 0.29) is 18.6 Å². The molecular weight excluding hydrogens is 348 g/mol. The Morgan fingerprint density at radius 3 is 3.17 bits per heavy atom. The predicted molar refractivity (Wildman–Crippen MR) is 93.4 cm³/mol. The third-order valence-electron chi connectivity index (χ3n) is 3.97. The van der Waals surface area contributed by atoms with Crippen LogP contribution in [-0.2, 0) is 16.1 Å². The van der Waals surface area contributed by atoms with E-state index in [2.05, 4.69) is 15.5 Å². The first-order valence-electron chi connectivity index (χ1n) is 7.69. The molecule has 2 aromatic heterocycles. The second-order valence-corrected chi connectivity index (χ2v) is 7.03. The molecule has 1 aromatic carbocycles. The van der Waals surface area contributed by atoms with Crippen LogP contribution in [0.15, 0.2) is 30.5 Å². The Hall–Kier alpha value is -1.96. The van der Waals surface area contributed by atoms with Gasteiger partial charge in [-0.05, 0) is 31.0 Å². The van der Waals surface area contributed by atoms with Crippen LogP contribution in [0.4, 0.5) is 5.13 Å². The van der Waals surface area contributed by atoms with Gasteiger partial charge in [-0.1, -0.05) is 29.0 Å². The molecule has 124 valence electrons. The minimum absolute atomic E-state index is 0.0173. The van der Waals surface area contributed by atoms with E-state index in [1.165, 1.54) is 11.3 Å². The summed E-state index contributed by atoms with van der Waals surface area (Å²) in [6.07, 6.45) is 3.87. The lowest BCUT2D eigenvalue weighted by Gasteiger charge is -2.05. The van der Waals surface area contributed by atoms with Crippen LogP contribution in [0.5, 0.6) is 0 Å². The molecule has 1 aliphatic rings. The van der Waals surface area contributed by atoms with Crippen molar-refractivity contribution in [3.8, 4) is 0 Å². The van der Waals surface area contributed by atoms with Gasteiger partial charge in [0.05, 0.1) is 0 Å². The second kappa shape index (κ2) is 6.51.